The van der Waals surface area contributed by atoms with Gasteiger partial charge in [0, 0.05) is 5.56 Å². The molecule has 0 aliphatic carbocycles. The lowest BCUT2D eigenvalue weighted by atomic mass is 10.1. The number of benzene rings is 2. The minimum absolute atomic E-state index is 0.286. The highest BCUT2D eigenvalue weighted by Gasteiger charge is 1.94. The number of carbonyl (C=O) groups is 2. The zero-order chi connectivity index (χ0) is 14.1. The van der Waals surface area contributed by atoms with Crippen LogP contribution >= 0.6 is 0 Å². The van der Waals surface area contributed by atoms with Crippen molar-refractivity contribution >= 4 is 11.8 Å². The Hall–Kier alpha value is -2.62. The molecular formula is C15H16N2O2. The monoisotopic (exact) mass is 256 g/mol. The molecule has 4 nitrogen and oxygen atoms in total. The van der Waals surface area contributed by atoms with Gasteiger partial charge in [-0.15, -0.1) is 0 Å². The fraction of sp³-hybridized carbons (Fsp3) is 0.0667. The van der Waals surface area contributed by atoms with E-state index < -0.39 is 0 Å². The molecule has 2 rings (SSSR count). The first kappa shape index (κ1) is 14.4. The summed E-state index contributed by atoms with van der Waals surface area (Å²) in [7, 11) is 0. The van der Waals surface area contributed by atoms with E-state index in [1.165, 1.54) is 0 Å². The molecule has 4 N–H and O–H groups in total. The van der Waals surface area contributed by atoms with Gasteiger partial charge in [-0.3, -0.25) is 9.59 Å². The van der Waals surface area contributed by atoms with Crippen LogP contribution in [0, 0.1) is 0 Å². The molecule has 0 aliphatic heterocycles. The Morgan fingerprint density at radius 1 is 0.789 bits per heavy atom. The van der Waals surface area contributed by atoms with Crippen LogP contribution in [0.15, 0.2) is 60.7 Å². The highest BCUT2D eigenvalue weighted by atomic mass is 16.1. The lowest BCUT2D eigenvalue weighted by Gasteiger charge is -1.93. The van der Waals surface area contributed by atoms with Gasteiger partial charge in [0.15, 0.2) is 0 Å². The fourth-order valence-electron chi connectivity index (χ4n) is 1.40. The van der Waals surface area contributed by atoms with Crippen molar-refractivity contribution < 1.29 is 9.59 Å². The molecule has 2 aromatic rings. The van der Waals surface area contributed by atoms with Crippen LogP contribution in [0.1, 0.15) is 15.9 Å². The van der Waals surface area contributed by atoms with Crippen LogP contribution in [0.4, 0.5) is 0 Å². The molecule has 0 aliphatic rings. The number of hydrogen-bond acceptors (Lipinski definition) is 2. The highest BCUT2D eigenvalue weighted by Crippen LogP contribution is 1.97. The topological polar surface area (TPSA) is 86.2 Å². The summed E-state index contributed by atoms with van der Waals surface area (Å²) in [6, 6.07) is 18.2. The SMILES string of the molecule is NC(=O)Cc1ccccc1.NC(=O)c1ccccc1. The molecule has 0 saturated heterocycles. The van der Waals surface area contributed by atoms with Crippen molar-refractivity contribution in [3.63, 3.8) is 0 Å². The van der Waals surface area contributed by atoms with Crippen LogP contribution in [-0.4, -0.2) is 11.8 Å². The predicted octanol–water partition coefficient (Wildman–Crippen LogP) is 1.50. The summed E-state index contributed by atoms with van der Waals surface area (Å²) >= 11 is 0. The van der Waals surface area contributed by atoms with Crippen molar-refractivity contribution in [1.29, 1.82) is 0 Å². The number of carbonyl (C=O) groups excluding carboxylic acids is 2. The third-order valence-corrected chi connectivity index (χ3v) is 2.28. The minimum atomic E-state index is -0.379. The average molecular weight is 256 g/mol. The first-order valence-electron chi connectivity index (χ1n) is 5.76. The Kier molecular flexibility index (Phi) is 5.82. The zero-order valence-corrected chi connectivity index (χ0v) is 10.5. The molecule has 0 spiro atoms. The Labute approximate surface area is 112 Å². The van der Waals surface area contributed by atoms with Crippen LogP contribution in [-0.2, 0) is 11.2 Å². The molecule has 0 aromatic heterocycles. The maximum Gasteiger partial charge on any atom is 0.248 e. The van der Waals surface area contributed by atoms with Crippen LogP contribution in [0.2, 0.25) is 0 Å². The number of nitrogens with two attached hydrogens (primary N) is 2. The average Bonchev–Trinajstić information content (AvgIpc) is 2.41. The molecule has 98 valence electrons. The van der Waals surface area contributed by atoms with Gasteiger partial charge in [0.25, 0.3) is 0 Å². The lowest BCUT2D eigenvalue weighted by molar-refractivity contribution is -0.117. The standard InChI is InChI=1S/C8H9NO.C7H7NO/c9-8(10)6-7-4-2-1-3-5-7;8-7(9)6-4-2-1-3-5-6/h1-5H,6H2,(H2,9,10);1-5H,(H2,8,9). The number of amides is 2. The number of hydrogen-bond donors (Lipinski definition) is 2. The molecule has 4 heteroatoms. The molecular weight excluding hydrogens is 240 g/mol. The summed E-state index contributed by atoms with van der Waals surface area (Å²) in [4.78, 5) is 20.8. The van der Waals surface area contributed by atoms with E-state index in [1.807, 2.05) is 36.4 Å². The largest absolute Gasteiger partial charge is 0.369 e. The normalized spacial score (nSPS) is 9.05. The van der Waals surface area contributed by atoms with Crippen LogP contribution in [0.25, 0.3) is 0 Å². The van der Waals surface area contributed by atoms with Crippen molar-refractivity contribution in [1.82, 2.24) is 0 Å². The van der Waals surface area contributed by atoms with Gasteiger partial charge in [-0.05, 0) is 17.7 Å². The Morgan fingerprint density at radius 2 is 1.26 bits per heavy atom. The van der Waals surface area contributed by atoms with E-state index in [1.54, 1.807) is 24.3 Å². The van der Waals surface area contributed by atoms with E-state index in [4.69, 9.17) is 11.5 Å². The summed E-state index contributed by atoms with van der Waals surface area (Å²) in [5.74, 6) is -0.665. The molecule has 2 amide bonds. The van der Waals surface area contributed by atoms with Crippen LogP contribution < -0.4 is 11.5 Å². The van der Waals surface area contributed by atoms with E-state index in [0.717, 1.165) is 5.56 Å². The zero-order valence-electron chi connectivity index (χ0n) is 10.5. The van der Waals surface area contributed by atoms with Crippen LogP contribution in [0.3, 0.4) is 0 Å². The van der Waals surface area contributed by atoms with E-state index in [2.05, 4.69) is 0 Å². The van der Waals surface area contributed by atoms with Gasteiger partial charge in [0.05, 0.1) is 6.42 Å². The summed E-state index contributed by atoms with van der Waals surface area (Å²) in [6.45, 7) is 0. The summed E-state index contributed by atoms with van der Waals surface area (Å²) < 4.78 is 0. The third kappa shape index (κ3) is 6.02. The number of primary amides is 2. The second-order valence-corrected chi connectivity index (χ2v) is 3.86. The van der Waals surface area contributed by atoms with E-state index in [9.17, 15) is 9.59 Å². The van der Waals surface area contributed by atoms with Crippen LogP contribution in [0.5, 0.6) is 0 Å². The quantitative estimate of drug-likeness (QED) is 0.871. The summed E-state index contributed by atoms with van der Waals surface area (Å²) in [5, 5.41) is 0. The summed E-state index contributed by atoms with van der Waals surface area (Å²) in [5.41, 5.74) is 11.5. The first-order chi connectivity index (χ1) is 9.09. The molecule has 2 aromatic carbocycles. The molecule has 0 saturated carbocycles. The second kappa shape index (κ2) is 7.66. The van der Waals surface area contributed by atoms with E-state index in [-0.39, 0.29) is 11.8 Å². The second-order valence-electron chi connectivity index (χ2n) is 3.86. The molecule has 0 bridgehead atoms. The van der Waals surface area contributed by atoms with Crippen molar-refractivity contribution in [3.05, 3.63) is 71.8 Å². The lowest BCUT2D eigenvalue weighted by Crippen LogP contribution is -2.13. The first-order valence-corrected chi connectivity index (χ1v) is 5.76. The van der Waals surface area contributed by atoms with Gasteiger partial charge in [-0.2, -0.15) is 0 Å². The highest BCUT2D eigenvalue weighted by molar-refractivity contribution is 5.92. The Bertz CT molecular complexity index is 524. The van der Waals surface area contributed by atoms with Gasteiger partial charge >= 0.3 is 0 Å². The van der Waals surface area contributed by atoms with Crippen molar-refractivity contribution in [3.8, 4) is 0 Å². The molecule has 0 fully saturated rings. The van der Waals surface area contributed by atoms with Crippen molar-refractivity contribution in [2.75, 3.05) is 0 Å². The predicted molar refractivity (Wildman–Crippen MR) is 74.3 cm³/mol. The van der Waals surface area contributed by atoms with E-state index >= 15 is 0 Å². The Morgan fingerprint density at radius 3 is 1.63 bits per heavy atom. The van der Waals surface area contributed by atoms with Gasteiger partial charge in [0.2, 0.25) is 11.8 Å². The van der Waals surface area contributed by atoms with Crippen molar-refractivity contribution in [2.45, 2.75) is 6.42 Å². The summed E-state index contributed by atoms with van der Waals surface area (Å²) in [6.07, 6.45) is 0.334. The maximum absolute atomic E-state index is 10.4. The van der Waals surface area contributed by atoms with Gasteiger partial charge in [0.1, 0.15) is 0 Å². The molecule has 0 radical (unpaired) electrons. The van der Waals surface area contributed by atoms with E-state index in [0.29, 0.717) is 12.0 Å². The van der Waals surface area contributed by atoms with Gasteiger partial charge < -0.3 is 11.5 Å². The molecule has 0 atom stereocenters. The molecule has 0 unspecified atom stereocenters. The van der Waals surface area contributed by atoms with Gasteiger partial charge in [-0.25, -0.2) is 0 Å². The Balaban J connectivity index is 0.000000191. The number of rotatable bonds is 3. The minimum Gasteiger partial charge on any atom is -0.369 e. The van der Waals surface area contributed by atoms with Crippen molar-refractivity contribution in [2.24, 2.45) is 11.5 Å². The maximum atomic E-state index is 10.4. The van der Waals surface area contributed by atoms with Gasteiger partial charge in [-0.1, -0.05) is 48.5 Å². The molecule has 19 heavy (non-hydrogen) atoms. The molecule has 0 heterocycles. The third-order valence-electron chi connectivity index (χ3n) is 2.28. The fourth-order valence-corrected chi connectivity index (χ4v) is 1.40. The smallest absolute Gasteiger partial charge is 0.248 e.